The summed E-state index contributed by atoms with van der Waals surface area (Å²) in [6.07, 6.45) is 2.84. The molecule has 0 bridgehead atoms. The smallest absolute Gasteiger partial charge is 0.248 e. The van der Waals surface area contributed by atoms with Crippen LogP contribution in [-0.2, 0) is 29.8 Å². The van der Waals surface area contributed by atoms with Crippen LogP contribution in [0.15, 0.2) is 253 Å². The van der Waals surface area contributed by atoms with E-state index in [9.17, 15) is 5.11 Å². The van der Waals surface area contributed by atoms with Gasteiger partial charge in [-0.15, -0.1) is 10.2 Å². The highest BCUT2D eigenvalue weighted by Crippen LogP contribution is 2.56. The summed E-state index contributed by atoms with van der Waals surface area (Å²) >= 11 is 0. The van der Waals surface area contributed by atoms with Gasteiger partial charge in [0.15, 0.2) is 0 Å². The van der Waals surface area contributed by atoms with Crippen molar-refractivity contribution in [2.45, 2.75) is 36.5 Å². The number of ether oxygens (including phenoxy) is 8. The first-order valence-electron chi connectivity index (χ1n) is 31.8. The highest BCUT2D eigenvalue weighted by Gasteiger charge is 2.44. The Balaban J connectivity index is 0.855. The minimum atomic E-state index is -0.468. The minimum Gasteiger partial charge on any atom is -0.508 e. The minimum absolute atomic E-state index is 0.151. The van der Waals surface area contributed by atoms with Crippen molar-refractivity contribution in [2.75, 3.05) is 79.3 Å². The number of fused-ring (bicyclic) bond motifs is 6. The van der Waals surface area contributed by atoms with Gasteiger partial charge in [0, 0.05) is 48.4 Å². The fraction of sp³-hybridized carbons (Fsp3) is 0.225. The van der Waals surface area contributed by atoms with E-state index in [1.54, 1.807) is 24.3 Å². The Labute approximate surface area is 537 Å². The maximum absolute atomic E-state index is 10.2. The molecule has 0 radical (unpaired) electrons. The molecular formula is C80H74N2O10. The molecule has 13 rings (SSSR count). The van der Waals surface area contributed by atoms with Crippen molar-refractivity contribution in [1.29, 1.82) is 0 Å². The van der Waals surface area contributed by atoms with Gasteiger partial charge in [-0.1, -0.05) is 146 Å². The predicted molar refractivity (Wildman–Crippen MR) is 360 cm³/mol. The van der Waals surface area contributed by atoms with E-state index in [0.717, 1.165) is 50.8 Å². The number of benzene rings is 10. The highest BCUT2D eigenvalue weighted by atomic mass is 16.5. The maximum Gasteiger partial charge on any atom is 0.248 e. The van der Waals surface area contributed by atoms with Gasteiger partial charge in [-0.25, -0.2) is 0 Å². The van der Waals surface area contributed by atoms with E-state index in [0.29, 0.717) is 122 Å². The van der Waals surface area contributed by atoms with Gasteiger partial charge in [0.25, 0.3) is 0 Å². The Bertz CT molecular complexity index is 3830. The Morgan fingerprint density at radius 1 is 0.272 bits per heavy atom. The van der Waals surface area contributed by atoms with E-state index >= 15 is 0 Å². The van der Waals surface area contributed by atoms with Crippen molar-refractivity contribution in [3.05, 3.63) is 271 Å². The average molecular weight is 1220 g/mol. The lowest BCUT2D eigenvalue weighted by Gasteiger charge is -2.33. The second-order valence-electron chi connectivity index (χ2n) is 23.1. The van der Waals surface area contributed by atoms with Crippen LogP contribution in [0.2, 0.25) is 0 Å². The topological polar surface area (TPSA) is 133 Å². The molecule has 1 N–H and O–H groups in total. The van der Waals surface area contributed by atoms with Crippen molar-refractivity contribution in [1.82, 2.24) is 10.2 Å². The molecule has 1 heterocycles. The average Bonchev–Trinajstić information content (AvgIpc) is 1.57. The largest absolute Gasteiger partial charge is 0.508 e. The molecule has 92 heavy (non-hydrogen) atoms. The van der Waals surface area contributed by atoms with Crippen molar-refractivity contribution in [3.63, 3.8) is 0 Å². The number of phenols is 1. The van der Waals surface area contributed by atoms with Gasteiger partial charge in [-0.05, 0) is 196 Å². The lowest BCUT2D eigenvalue weighted by molar-refractivity contribution is 0.0706. The van der Waals surface area contributed by atoms with Crippen LogP contribution in [0.5, 0.6) is 28.7 Å². The molecule has 1 aromatic heterocycles. The first-order valence-corrected chi connectivity index (χ1v) is 31.8. The van der Waals surface area contributed by atoms with E-state index in [1.807, 2.05) is 121 Å². The maximum atomic E-state index is 10.2. The van der Waals surface area contributed by atoms with Crippen LogP contribution < -0.4 is 18.9 Å². The number of rotatable bonds is 32. The number of hydrogen-bond donors (Lipinski definition) is 1. The van der Waals surface area contributed by atoms with Crippen LogP contribution in [0, 0.1) is 0 Å². The van der Waals surface area contributed by atoms with Crippen LogP contribution in [-0.4, -0.2) is 94.6 Å². The van der Waals surface area contributed by atoms with E-state index in [4.69, 9.17) is 42.3 Å². The predicted octanol–water partition coefficient (Wildman–Crippen LogP) is 16.9. The second-order valence-corrected chi connectivity index (χ2v) is 23.1. The van der Waals surface area contributed by atoms with Gasteiger partial charge in [-0.2, -0.15) is 0 Å². The fourth-order valence-corrected chi connectivity index (χ4v) is 13.1. The molecule has 2 aliphatic rings. The zero-order valence-electron chi connectivity index (χ0n) is 51.5. The SMILES string of the molecule is Oc1ccc(-c2nnc(-c3cc(-c4ccc5c(c4)C(CCOCCOc4ccccc4)(CCOCCOc4ccccc4)c4ccccc4-5)cc(-c4ccc5c(c4)C(CCOCCOc4ccccc4)(CCOCCOc4ccccc4)c4ccccc4-5)c3)o2)cc1. The monoisotopic (exact) mass is 1220 g/mol. The molecule has 0 fully saturated rings. The van der Waals surface area contributed by atoms with Crippen LogP contribution in [0.25, 0.3) is 67.4 Å². The molecule has 464 valence electrons. The summed E-state index contributed by atoms with van der Waals surface area (Å²) in [4.78, 5) is 0. The molecule has 0 aliphatic heterocycles. The summed E-state index contributed by atoms with van der Waals surface area (Å²) in [7, 11) is 0. The van der Waals surface area contributed by atoms with Crippen LogP contribution in [0.3, 0.4) is 0 Å². The molecular weight excluding hydrogens is 1150 g/mol. The first-order chi connectivity index (χ1) is 45.5. The van der Waals surface area contributed by atoms with Crippen LogP contribution in [0.4, 0.5) is 0 Å². The summed E-state index contributed by atoms with van der Waals surface area (Å²) in [5, 5.41) is 19.4. The molecule has 0 atom stereocenters. The highest BCUT2D eigenvalue weighted by molar-refractivity contribution is 5.88. The Kier molecular flexibility index (Phi) is 19.5. The standard InChI is InChI=1S/C80H74N2O10/c83-64-33-29-58(30-34-64)77-81-82-78(92-77)63-54-61(59-31-35-71-69-25-13-15-27-73(69)79(75(71)56-59,37-41-84-45-49-88-65-17-5-1-6-18-65)38-42-85-46-50-89-66-19-7-2-8-20-66)53-62(55-63)60-32-36-72-70-26-14-16-28-74(70)80(76(72)57-60,39-43-86-47-51-90-67-21-9-3-10-22-67)40-44-87-48-52-91-68-23-11-4-12-24-68/h1-36,53-57,83H,37-52H2. The Morgan fingerprint density at radius 3 is 0.967 bits per heavy atom. The molecule has 0 saturated carbocycles. The number of phenolic OH excluding ortho intramolecular Hbond substituents is 1. The van der Waals surface area contributed by atoms with E-state index in [-0.39, 0.29) is 5.75 Å². The van der Waals surface area contributed by atoms with E-state index in [1.165, 1.54) is 44.5 Å². The molecule has 11 aromatic rings. The molecule has 0 saturated heterocycles. The molecule has 12 heteroatoms. The van der Waals surface area contributed by atoms with Crippen molar-refractivity contribution in [3.8, 4) is 96.2 Å². The van der Waals surface area contributed by atoms with Crippen LogP contribution in [0.1, 0.15) is 47.9 Å². The van der Waals surface area contributed by atoms with Gasteiger partial charge < -0.3 is 47.4 Å². The van der Waals surface area contributed by atoms with Gasteiger partial charge in [0.2, 0.25) is 11.8 Å². The van der Waals surface area contributed by atoms with E-state index in [2.05, 4.69) is 113 Å². The van der Waals surface area contributed by atoms with Crippen molar-refractivity contribution < 1.29 is 47.4 Å². The number of aromatic nitrogens is 2. The molecule has 12 nitrogen and oxygen atoms in total. The van der Waals surface area contributed by atoms with Crippen LogP contribution >= 0.6 is 0 Å². The second kappa shape index (κ2) is 29.4. The van der Waals surface area contributed by atoms with Crippen molar-refractivity contribution in [2.24, 2.45) is 0 Å². The third-order valence-corrected chi connectivity index (χ3v) is 17.6. The zero-order chi connectivity index (χ0) is 62.2. The summed E-state index contributed by atoms with van der Waals surface area (Å²) in [6, 6.07) is 84.2. The lowest BCUT2D eigenvalue weighted by atomic mass is 9.72. The number of para-hydroxylation sites is 4. The van der Waals surface area contributed by atoms with Gasteiger partial charge in [-0.3, -0.25) is 0 Å². The molecule has 10 aromatic carbocycles. The summed E-state index contributed by atoms with van der Waals surface area (Å²) in [5.74, 6) is 4.13. The Morgan fingerprint density at radius 2 is 0.587 bits per heavy atom. The van der Waals surface area contributed by atoms with E-state index < -0.39 is 10.8 Å². The Hall–Kier alpha value is -9.82. The van der Waals surface area contributed by atoms with Gasteiger partial charge >= 0.3 is 0 Å². The van der Waals surface area contributed by atoms with Gasteiger partial charge in [0.1, 0.15) is 55.2 Å². The quantitative estimate of drug-likeness (QED) is 0.0403. The lowest BCUT2D eigenvalue weighted by Crippen LogP contribution is -2.30. The number of hydrogen-bond acceptors (Lipinski definition) is 12. The normalized spacial score (nSPS) is 13.0. The zero-order valence-corrected chi connectivity index (χ0v) is 51.5. The summed E-state index contributed by atoms with van der Waals surface area (Å²) < 4.78 is 56.7. The fourth-order valence-electron chi connectivity index (χ4n) is 13.1. The molecule has 0 amide bonds. The molecule has 0 unspecified atom stereocenters. The summed E-state index contributed by atoms with van der Waals surface area (Å²) in [5.41, 5.74) is 14.2. The summed E-state index contributed by atoms with van der Waals surface area (Å²) in [6.45, 7) is 5.52. The number of aromatic hydroxyl groups is 1. The number of nitrogens with zero attached hydrogens (tertiary/aromatic N) is 2. The third-order valence-electron chi connectivity index (χ3n) is 17.6. The first kappa shape index (κ1) is 61.1. The molecule has 0 spiro atoms. The van der Waals surface area contributed by atoms with Gasteiger partial charge in [0.05, 0.1) is 26.4 Å². The third kappa shape index (κ3) is 14.0. The van der Waals surface area contributed by atoms with Crippen molar-refractivity contribution >= 4 is 0 Å². The molecule has 2 aliphatic carbocycles.